The van der Waals surface area contributed by atoms with E-state index < -0.39 is 17.7 Å². The standard InChI is InChI=1S/C13H15F3N2O2/c1-20-12(19)9-4-3-7-18(8-9)11-10(13(14,15)16)5-2-6-17-11/h2,5-6,9H,3-4,7-8H2,1H3/t9-/m0/s1. The van der Waals surface area contributed by atoms with E-state index in [1.54, 1.807) is 0 Å². The minimum absolute atomic E-state index is 0.117. The van der Waals surface area contributed by atoms with Gasteiger partial charge in [-0.25, -0.2) is 4.98 Å². The predicted octanol–water partition coefficient (Wildman–Crippen LogP) is 2.49. The fraction of sp³-hybridized carbons (Fsp3) is 0.538. The second kappa shape index (κ2) is 5.68. The minimum Gasteiger partial charge on any atom is -0.469 e. The van der Waals surface area contributed by atoms with Crippen LogP contribution in [-0.2, 0) is 15.7 Å². The lowest BCUT2D eigenvalue weighted by atomic mass is 9.98. The van der Waals surface area contributed by atoms with E-state index in [1.165, 1.54) is 24.3 Å². The zero-order valence-electron chi connectivity index (χ0n) is 11.0. The topological polar surface area (TPSA) is 42.4 Å². The molecule has 0 aromatic carbocycles. The summed E-state index contributed by atoms with van der Waals surface area (Å²) in [5, 5.41) is 0. The molecule has 0 saturated carbocycles. The Labute approximate surface area is 114 Å². The number of carbonyl (C=O) groups is 1. The average molecular weight is 288 g/mol. The van der Waals surface area contributed by atoms with Gasteiger partial charge in [0.1, 0.15) is 5.82 Å². The predicted molar refractivity (Wildman–Crippen MR) is 66.2 cm³/mol. The molecule has 110 valence electrons. The van der Waals surface area contributed by atoms with Gasteiger partial charge >= 0.3 is 12.1 Å². The summed E-state index contributed by atoms with van der Waals surface area (Å²) >= 11 is 0. The SMILES string of the molecule is COC(=O)[C@H]1CCCN(c2ncccc2C(F)(F)F)C1. The lowest BCUT2D eigenvalue weighted by Crippen LogP contribution is -2.40. The molecule has 20 heavy (non-hydrogen) atoms. The van der Waals surface area contributed by atoms with Gasteiger partial charge in [-0.3, -0.25) is 4.79 Å². The summed E-state index contributed by atoms with van der Waals surface area (Å²) < 4.78 is 43.6. The van der Waals surface area contributed by atoms with Gasteiger partial charge in [0.05, 0.1) is 18.6 Å². The Morgan fingerprint density at radius 3 is 2.90 bits per heavy atom. The molecule has 1 aromatic rings. The van der Waals surface area contributed by atoms with Crippen molar-refractivity contribution in [1.82, 2.24) is 4.98 Å². The molecule has 0 bridgehead atoms. The van der Waals surface area contributed by atoms with Crippen LogP contribution in [0.2, 0.25) is 0 Å². The first-order valence-electron chi connectivity index (χ1n) is 6.28. The van der Waals surface area contributed by atoms with E-state index in [-0.39, 0.29) is 18.3 Å². The van der Waals surface area contributed by atoms with Gasteiger partial charge in [-0.15, -0.1) is 0 Å². The van der Waals surface area contributed by atoms with Crippen LogP contribution in [0.3, 0.4) is 0 Å². The van der Waals surface area contributed by atoms with Crippen molar-refractivity contribution in [2.24, 2.45) is 5.92 Å². The lowest BCUT2D eigenvalue weighted by Gasteiger charge is -2.33. The molecule has 1 saturated heterocycles. The van der Waals surface area contributed by atoms with Crippen molar-refractivity contribution in [2.45, 2.75) is 19.0 Å². The first kappa shape index (κ1) is 14.6. The molecule has 1 aliphatic heterocycles. The minimum atomic E-state index is -4.46. The zero-order chi connectivity index (χ0) is 14.8. The van der Waals surface area contributed by atoms with Crippen LogP contribution in [-0.4, -0.2) is 31.2 Å². The van der Waals surface area contributed by atoms with Gasteiger partial charge in [-0.2, -0.15) is 13.2 Å². The Bertz CT molecular complexity index is 491. The van der Waals surface area contributed by atoms with Gasteiger partial charge in [0.15, 0.2) is 0 Å². The van der Waals surface area contributed by atoms with Gasteiger partial charge in [0.2, 0.25) is 0 Å². The van der Waals surface area contributed by atoms with E-state index in [4.69, 9.17) is 0 Å². The van der Waals surface area contributed by atoms with E-state index in [0.29, 0.717) is 19.4 Å². The molecule has 2 heterocycles. The van der Waals surface area contributed by atoms with Crippen LogP contribution in [0.25, 0.3) is 0 Å². The molecular formula is C13H15F3N2O2. The van der Waals surface area contributed by atoms with E-state index in [9.17, 15) is 18.0 Å². The Morgan fingerprint density at radius 2 is 2.25 bits per heavy atom. The third-order valence-corrected chi connectivity index (χ3v) is 3.35. The van der Waals surface area contributed by atoms with E-state index in [1.807, 2.05) is 0 Å². The number of nitrogens with zero attached hydrogens (tertiary/aromatic N) is 2. The van der Waals surface area contributed by atoms with Crippen LogP contribution in [0.4, 0.5) is 19.0 Å². The summed E-state index contributed by atoms with van der Waals surface area (Å²) in [5.74, 6) is -0.912. The van der Waals surface area contributed by atoms with Crippen LogP contribution in [0.5, 0.6) is 0 Å². The van der Waals surface area contributed by atoms with Gasteiger partial charge in [0.25, 0.3) is 0 Å². The fourth-order valence-corrected chi connectivity index (χ4v) is 2.40. The van der Waals surface area contributed by atoms with Gasteiger partial charge < -0.3 is 9.64 Å². The number of alkyl halides is 3. The number of pyridine rings is 1. The number of methoxy groups -OCH3 is 1. The van der Waals surface area contributed by atoms with Gasteiger partial charge in [-0.05, 0) is 25.0 Å². The molecule has 7 heteroatoms. The maximum absolute atomic E-state index is 13.0. The summed E-state index contributed by atoms with van der Waals surface area (Å²) in [4.78, 5) is 16.9. The Balaban J connectivity index is 2.26. The quantitative estimate of drug-likeness (QED) is 0.784. The highest BCUT2D eigenvalue weighted by Crippen LogP contribution is 2.36. The Kier molecular flexibility index (Phi) is 4.15. The maximum atomic E-state index is 13.0. The number of piperidine rings is 1. The second-order valence-electron chi connectivity index (χ2n) is 4.68. The second-order valence-corrected chi connectivity index (χ2v) is 4.68. The van der Waals surface area contributed by atoms with Gasteiger partial charge in [-0.1, -0.05) is 0 Å². The largest absolute Gasteiger partial charge is 0.469 e. The lowest BCUT2D eigenvalue weighted by molar-refractivity contribution is -0.145. The highest BCUT2D eigenvalue weighted by molar-refractivity contribution is 5.73. The van der Waals surface area contributed by atoms with Crippen molar-refractivity contribution < 1.29 is 22.7 Å². The number of esters is 1. The number of anilines is 1. The van der Waals surface area contributed by atoms with Crippen LogP contribution >= 0.6 is 0 Å². The normalized spacial score (nSPS) is 19.8. The molecule has 0 amide bonds. The molecule has 1 fully saturated rings. The summed E-state index contributed by atoms with van der Waals surface area (Å²) in [7, 11) is 1.28. The molecule has 2 rings (SSSR count). The molecule has 0 unspecified atom stereocenters. The zero-order valence-corrected chi connectivity index (χ0v) is 11.0. The summed E-state index contributed by atoms with van der Waals surface area (Å²) in [6.45, 7) is 0.653. The monoisotopic (exact) mass is 288 g/mol. The Hall–Kier alpha value is -1.79. The average Bonchev–Trinajstić information content (AvgIpc) is 2.45. The first-order chi connectivity index (χ1) is 9.43. The molecule has 0 spiro atoms. The molecule has 0 N–H and O–H groups in total. The van der Waals surface area contributed by atoms with Crippen LogP contribution in [0.1, 0.15) is 18.4 Å². The number of carbonyl (C=O) groups excluding carboxylic acids is 1. The van der Waals surface area contributed by atoms with Crippen molar-refractivity contribution >= 4 is 11.8 Å². The molecular weight excluding hydrogens is 273 g/mol. The molecule has 4 nitrogen and oxygen atoms in total. The number of hydrogen-bond donors (Lipinski definition) is 0. The maximum Gasteiger partial charge on any atom is 0.419 e. The van der Waals surface area contributed by atoms with Crippen molar-refractivity contribution in [2.75, 3.05) is 25.1 Å². The molecule has 1 atom stereocenters. The van der Waals surface area contributed by atoms with Crippen molar-refractivity contribution in [3.05, 3.63) is 23.9 Å². The first-order valence-corrected chi connectivity index (χ1v) is 6.28. The van der Waals surface area contributed by atoms with E-state index >= 15 is 0 Å². The molecule has 0 radical (unpaired) electrons. The summed E-state index contributed by atoms with van der Waals surface area (Å²) in [5.41, 5.74) is -0.773. The highest BCUT2D eigenvalue weighted by atomic mass is 19.4. The fourth-order valence-electron chi connectivity index (χ4n) is 2.40. The smallest absolute Gasteiger partial charge is 0.419 e. The summed E-state index contributed by atoms with van der Waals surface area (Å²) in [6.07, 6.45) is -1.88. The molecule has 1 aromatic heterocycles. The third-order valence-electron chi connectivity index (χ3n) is 3.35. The number of rotatable bonds is 2. The van der Waals surface area contributed by atoms with Crippen LogP contribution in [0.15, 0.2) is 18.3 Å². The van der Waals surface area contributed by atoms with Crippen LogP contribution in [0, 0.1) is 5.92 Å². The van der Waals surface area contributed by atoms with Crippen molar-refractivity contribution in [3.8, 4) is 0 Å². The van der Waals surface area contributed by atoms with E-state index in [2.05, 4.69) is 9.72 Å². The van der Waals surface area contributed by atoms with Crippen molar-refractivity contribution in [1.29, 1.82) is 0 Å². The summed E-state index contributed by atoms with van der Waals surface area (Å²) in [6, 6.07) is 2.26. The Morgan fingerprint density at radius 1 is 1.50 bits per heavy atom. The third kappa shape index (κ3) is 3.02. The van der Waals surface area contributed by atoms with E-state index in [0.717, 1.165) is 6.07 Å². The highest BCUT2D eigenvalue weighted by Gasteiger charge is 2.37. The number of hydrogen-bond acceptors (Lipinski definition) is 4. The number of halogens is 3. The number of aromatic nitrogens is 1. The molecule has 0 aliphatic carbocycles. The van der Waals surface area contributed by atoms with Crippen molar-refractivity contribution in [3.63, 3.8) is 0 Å². The van der Waals surface area contributed by atoms with Gasteiger partial charge in [0, 0.05) is 19.3 Å². The molecule has 1 aliphatic rings. The number of ether oxygens (including phenoxy) is 1. The van der Waals surface area contributed by atoms with Crippen LogP contribution < -0.4 is 4.90 Å².